The lowest BCUT2D eigenvalue weighted by atomic mass is 10.0. The highest BCUT2D eigenvalue weighted by molar-refractivity contribution is 5.61. The predicted molar refractivity (Wildman–Crippen MR) is 87.1 cm³/mol. The Kier molecular flexibility index (Phi) is 4.92. The van der Waals surface area contributed by atoms with E-state index < -0.39 is 0 Å². The van der Waals surface area contributed by atoms with Gasteiger partial charge in [0.05, 0.1) is 6.54 Å². The first-order valence-electron chi connectivity index (χ1n) is 7.15. The molecule has 0 aliphatic rings. The maximum Gasteiger partial charge on any atom is 0.352 e. The molecule has 114 valence electrons. The molecule has 0 saturated heterocycles. The van der Waals surface area contributed by atoms with Crippen molar-refractivity contribution in [2.75, 3.05) is 11.6 Å². The van der Waals surface area contributed by atoms with Crippen molar-refractivity contribution in [2.24, 2.45) is 5.84 Å². The number of aromatic nitrogens is 3. The van der Waals surface area contributed by atoms with Crippen molar-refractivity contribution in [3.63, 3.8) is 0 Å². The summed E-state index contributed by atoms with van der Waals surface area (Å²) in [6, 6.07) is 7.84. The Morgan fingerprint density at radius 3 is 2.68 bits per heavy atom. The fraction of sp³-hybridized carbons (Fsp3) is 0.312. The molecule has 2 rings (SSSR count). The van der Waals surface area contributed by atoms with Gasteiger partial charge in [0, 0.05) is 12.1 Å². The monoisotopic (exact) mass is 297 g/mol. The number of hydrogen-bond donors (Lipinski definition) is 1. The van der Waals surface area contributed by atoms with E-state index in [1.165, 1.54) is 9.58 Å². The number of nitrogens with zero attached hydrogens (tertiary/aromatic N) is 4. The van der Waals surface area contributed by atoms with E-state index >= 15 is 0 Å². The van der Waals surface area contributed by atoms with E-state index in [4.69, 9.17) is 12.3 Å². The zero-order chi connectivity index (χ0) is 16.1. The minimum Gasteiger partial charge on any atom is -0.276 e. The van der Waals surface area contributed by atoms with Gasteiger partial charge in [0.15, 0.2) is 0 Å². The van der Waals surface area contributed by atoms with Gasteiger partial charge in [-0.3, -0.25) is 9.58 Å². The molecule has 0 fully saturated rings. The first-order valence-corrected chi connectivity index (χ1v) is 7.15. The molecule has 0 atom stereocenters. The molecule has 0 radical (unpaired) electrons. The zero-order valence-corrected chi connectivity index (χ0v) is 12.8. The van der Waals surface area contributed by atoms with Gasteiger partial charge < -0.3 is 0 Å². The first kappa shape index (κ1) is 15.7. The highest BCUT2D eigenvalue weighted by atomic mass is 16.1. The van der Waals surface area contributed by atoms with Crippen LogP contribution in [0.2, 0.25) is 0 Å². The molecular weight excluding hydrogens is 278 g/mol. The van der Waals surface area contributed by atoms with Crippen LogP contribution in [0.4, 0.5) is 5.95 Å². The topological polar surface area (TPSA) is 77.0 Å². The van der Waals surface area contributed by atoms with E-state index in [0.717, 1.165) is 17.5 Å². The summed E-state index contributed by atoms with van der Waals surface area (Å²) < 4.78 is 1.53. The normalized spacial score (nSPS) is 10.3. The fourth-order valence-electron chi connectivity index (χ4n) is 2.25. The molecule has 1 aromatic heterocycles. The van der Waals surface area contributed by atoms with Gasteiger partial charge in [0.2, 0.25) is 5.95 Å². The molecule has 0 amide bonds. The molecule has 1 heterocycles. The number of benzene rings is 1. The van der Waals surface area contributed by atoms with Crippen molar-refractivity contribution in [2.45, 2.75) is 26.8 Å². The van der Waals surface area contributed by atoms with Crippen LogP contribution in [0.15, 0.2) is 29.1 Å². The molecule has 6 nitrogen and oxygen atoms in total. The van der Waals surface area contributed by atoms with Crippen molar-refractivity contribution < 1.29 is 0 Å². The molecular formula is C16H19N5O. The van der Waals surface area contributed by atoms with E-state index in [1.54, 1.807) is 0 Å². The largest absolute Gasteiger partial charge is 0.352 e. The second-order valence-corrected chi connectivity index (χ2v) is 4.72. The van der Waals surface area contributed by atoms with Crippen LogP contribution in [0.5, 0.6) is 0 Å². The Hall–Kier alpha value is -2.65. The van der Waals surface area contributed by atoms with Gasteiger partial charge in [-0.25, -0.2) is 10.6 Å². The summed E-state index contributed by atoms with van der Waals surface area (Å²) >= 11 is 0. The van der Waals surface area contributed by atoms with Crippen molar-refractivity contribution in [3.8, 4) is 23.7 Å². The standard InChI is InChI=1S/C16H19N5O/c1-4-11-21(17)15-18-14(20(6-3)16(22)19-15)13-10-8-7-9-12(13)5-2/h1,7-10H,5-6,11,17H2,2-3H3. The Morgan fingerprint density at radius 1 is 1.32 bits per heavy atom. The Morgan fingerprint density at radius 2 is 2.05 bits per heavy atom. The number of hydrogen-bond acceptors (Lipinski definition) is 5. The van der Waals surface area contributed by atoms with Crippen LogP contribution >= 0.6 is 0 Å². The van der Waals surface area contributed by atoms with Crippen LogP contribution in [0.1, 0.15) is 19.4 Å². The van der Waals surface area contributed by atoms with Crippen LogP contribution < -0.4 is 16.5 Å². The van der Waals surface area contributed by atoms with Gasteiger partial charge in [-0.05, 0) is 18.9 Å². The van der Waals surface area contributed by atoms with Gasteiger partial charge in [0.1, 0.15) is 5.82 Å². The highest BCUT2D eigenvalue weighted by Gasteiger charge is 2.15. The minimum atomic E-state index is -0.388. The number of aryl methyl sites for hydroxylation is 1. The maximum absolute atomic E-state index is 12.3. The number of nitrogens with two attached hydrogens (primary N) is 1. The smallest absolute Gasteiger partial charge is 0.276 e. The molecule has 0 bridgehead atoms. The molecule has 6 heteroatoms. The lowest BCUT2D eigenvalue weighted by Crippen LogP contribution is -2.37. The van der Waals surface area contributed by atoms with Crippen LogP contribution in [-0.4, -0.2) is 21.1 Å². The molecule has 0 aliphatic carbocycles. The third-order valence-corrected chi connectivity index (χ3v) is 3.36. The van der Waals surface area contributed by atoms with Crippen molar-refractivity contribution in [1.29, 1.82) is 0 Å². The molecule has 0 unspecified atom stereocenters. The van der Waals surface area contributed by atoms with Crippen molar-refractivity contribution >= 4 is 5.95 Å². The molecule has 1 aromatic carbocycles. The van der Waals surface area contributed by atoms with E-state index in [2.05, 4.69) is 22.8 Å². The summed E-state index contributed by atoms with van der Waals surface area (Å²) in [6.45, 7) is 4.55. The number of rotatable bonds is 5. The van der Waals surface area contributed by atoms with Crippen LogP contribution in [-0.2, 0) is 13.0 Å². The Bertz CT molecular complexity index is 760. The summed E-state index contributed by atoms with van der Waals surface area (Å²) in [5.41, 5.74) is 1.62. The second-order valence-electron chi connectivity index (χ2n) is 4.72. The van der Waals surface area contributed by atoms with Gasteiger partial charge in [-0.15, -0.1) is 6.42 Å². The summed E-state index contributed by atoms with van der Waals surface area (Å²) in [6.07, 6.45) is 6.08. The number of anilines is 1. The molecule has 2 N–H and O–H groups in total. The molecule has 22 heavy (non-hydrogen) atoms. The third-order valence-electron chi connectivity index (χ3n) is 3.36. The highest BCUT2D eigenvalue weighted by Crippen LogP contribution is 2.22. The van der Waals surface area contributed by atoms with E-state index in [0.29, 0.717) is 12.4 Å². The Balaban J connectivity index is 2.68. The van der Waals surface area contributed by atoms with Crippen molar-refractivity contribution in [3.05, 3.63) is 40.3 Å². The van der Waals surface area contributed by atoms with E-state index in [1.807, 2.05) is 31.2 Å². The average Bonchev–Trinajstić information content (AvgIpc) is 2.54. The van der Waals surface area contributed by atoms with Crippen LogP contribution in [0.25, 0.3) is 11.4 Å². The van der Waals surface area contributed by atoms with Crippen LogP contribution in [0, 0.1) is 12.3 Å². The molecule has 0 aliphatic heterocycles. The van der Waals surface area contributed by atoms with Gasteiger partial charge >= 0.3 is 5.69 Å². The summed E-state index contributed by atoms with van der Waals surface area (Å²) in [7, 11) is 0. The predicted octanol–water partition coefficient (Wildman–Crippen LogP) is 1.20. The number of hydrazine groups is 1. The zero-order valence-electron chi connectivity index (χ0n) is 12.8. The van der Waals surface area contributed by atoms with Crippen molar-refractivity contribution in [1.82, 2.24) is 14.5 Å². The van der Waals surface area contributed by atoms with Gasteiger partial charge in [-0.2, -0.15) is 9.97 Å². The van der Waals surface area contributed by atoms with Gasteiger partial charge in [0.25, 0.3) is 0 Å². The fourth-order valence-corrected chi connectivity index (χ4v) is 2.25. The minimum absolute atomic E-state index is 0.129. The van der Waals surface area contributed by atoms with Crippen LogP contribution in [0.3, 0.4) is 0 Å². The lowest BCUT2D eigenvalue weighted by molar-refractivity contribution is 0.676. The first-order chi connectivity index (χ1) is 10.6. The second kappa shape index (κ2) is 6.87. The van der Waals surface area contributed by atoms with E-state index in [-0.39, 0.29) is 18.2 Å². The molecule has 0 spiro atoms. The summed E-state index contributed by atoms with van der Waals surface area (Å²) in [5.74, 6) is 8.90. The third kappa shape index (κ3) is 3.00. The molecule has 2 aromatic rings. The molecule has 0 saturated carbocycles. The summed E-state index contributed by atoms with van der Waals surface area (Å²) in [4.78, 5) is 20.6. The van der Waals surface area contributed by atoms with E-state index in [9.17, 15) is 4.79 Å². The quantitative estimate of drug-likeness (QED) is 0.510. The lowest BCUT2D eigenvalue weighted by Gasteiger charge is -2.17. The maximum atomic E-state index is 12.3. The average molecular weight is 297 g/mol. The Labute approximate surface area is 129 Å². The summed E-state index contributed by atoms with van der Waals surface area (Å²) in [5, 5.41) is 1.19. The SMILES string of the molecule is C#CCN(N)c1nc(-c2ccccc2CC)n(CC)c(=O)n1. The van der Waals surface area contributed by atoms with Gasteiger partial charge in [-0.1, -0.05) is 37.1 Å². The number of terminal acetylenes is 1.